The molecule has 4 nitrogen and oxygen atoms in total. The third-order valence-electron chi connectivity index (χ3n) is 3.18. The summed E-state index contributed by atoms with van der Waals surface area (Å²) in [6.45, 7) is 9.06. The second kappa shape index (κ2) is 6.89. The predicted molar refractivity (Wildman–Crippen MR) is 92.4 cm³/mol. The van der Waals surface area contributed by atoms with Crippen LogP contribution >= 0.6 is 15.9 Å². The molecular formula is C16H21BrN4. The summed E-state index contributed by atoms with van der Waals surface area (Å²) < 4.78 is 1.02. The monoisotopic (exact) mass is 348 g/mol. The van der Waals surface area contributed by atoms with Crippen molar-refractivity contribution in [3.05, 3.63) is 39.6 Å². The van der Waals surface area contributed by atoms with E-state index in [1.54, 1.807) is 0 Å². The lowest BCUT2D eigenvalue weighted by atomic mass is 10.2. The summed E-state index contributed by atoms with van der Waals surface area (Å²) >= 11 is 3.57. The van der Waals surface area contributed by atoms with Crippen molar-refractivity contribution in [2.24, 2.45) is 0 Å². The average Bonchev–Trinajstić information content (AvgIpc) is 2.44. The van der Waals surface area contributed by atoms with Crippen LogP contribution in [0.3, 0.4) is 0 Å². The molecule has 0 saturated heterocycles. The first-order valence-corrected chi connectivity index (χ1v) is 7.93. The Morgan fingerprint density at radius 3 is 2.52 bits per heavy atom. The first-order chi connectivity index (χ1) is 10.0. The predicted octanol–water partition coefficient (Wildman–Crippen LogP) is 4.73. The summed E-state index contributed by atoms with van der Waals surface area (Å²) in [6.07, 6.45) is 1.06. The molecule has 0 saturated carbocycles. The molecule has 0 aliphatic heterocycles. The van der Waals surface area contributed by atoms with Gasteiger partial charge in [-0.3, -0.25) is 0 Å². The number of nitrogens with one attached hydrogen (secondary N) is 2. The number of halogens is 1. The van der Waals surface area contributed by atoms with Gasteiger partial charge in [0.25, 0.3) is 0 Å². The summed E-state index contributed by atoms with van der Waals surface area (Å²) in [5.74, 6) is 2.49. The van der Waals surface area contributed by atoms with Crippen LogP contribution in [0.1, 0.15) is 30.3 Å². The molecule has 0 bridgehead atoms. The SMILES string of the molecule is CCCNc1nc(C)nc(Nc2cc(C)ccc2Br)c1C. The van der Waals surface area contributed by atoms with Crippen LogP contribution in [0.25, 0.3) is 0 Å². The molecular weight excluding hydrogens is 328 g/mol. The van der Waals surface area contributed by atoms with E-state index in [0.717, 1.165) is 46.1 Å². The van der Waals surface area contributed by atoms with Crippen molar-refractivity contribution >= 4 is 33.3 Å². The van der Waals surface area contributed by atoms with Crippen molar-refractivity contribution in [3.63, 3.8) is 0 Å². The van der Waals surface area contributed by atoms with Crippen LogP contribution in [-0.2, 0) is 0 Å². The topological polar surface area (TPSA) is 49.8 Å². The van der Waals surface area contributed by atoms with Crippen molar-refractivity contribution < 1.29 is 0 Å². The molecule has 0 radical (unpaired) electrons. The molecule has 0 aliphatic carbocycles. The highest BCUT2D eigenvalue weighted by Crippen LogP contribution is 2.29. The van der Waals surface area contributed by atoms with E-state index in [1.807, 2.05) is 19.9 Å². The van der Waals surface area contributed by atoms with E-state index < -0.39 is 0 Å². The maximum absolute atomic E-state index is 4.52. The highest BCUT2D eigenvalue weighted by molar-refractivity contribution is 9.10. The van der Waals surface area contributed by atoms with E-state index in [-0.39, 0.29) is 0 Å². The number of aromatic nitrogens is 2. The smallest absolute Gasteiger partial charge is 0.139 e. The molecule has 0 unspecified atom stereocenters. The molecule has 2 rings (SSSR count). The van der Waals surface area contributed by atoms with Crippen molar-refractivity contribution in [2.75, 3.05) is 17.2 Å². The van der Waals surface area contributed by atoms with Gasteiger partial charge >= 0.3 is 0 Å². The number of hydrogen-bond acceptors (Lipinski definition) is 4. The minimum absolute atomic E-state index is 0.755. The Morgan fingerprint density at radius 2 is 1.81 bits per heavy atom. The van der Waals surface area contributed by atoms with Gasteiger partial charge in [0, 0.05) is 16.6 Å². The third-order valence-corrected chi connectivity index (χ3v) is 3.87. The van der Waals surface area contributed by atoms with Crippen molar-refractivity contribution in [1.29, 1.82) is 0 Å². The Labute approximate surface area is 134 Å². The van der Waals surface area contributed by atoms with Gasteiger partial charge < -0.3 is 10.6 Å². The van der Waals surface area contributed by atoms with E-state index in [9.17, 15) is 0 Å². The lowest BCUT2D eigenvalue weighted by Gasteiger charge is -2.15. The van der Waals surface area contributed by atoms with Crippen LogP contribution in [0, 0.1) is 20.8 Å². The number of benzene rings is 1. The quantitative estimate of drug-likeness (QED) is 0.819. The molecule has 2 aromatic rings. The minimum atomic E-state index is 0.755. The Bertz CT molecular complexity index is 640. The van der Waals surface area contributed by atoms with Gasteiger partial charge in [-0.15, -0.1) is 0 Å². The third kappa shape index (κ3) is 3.94. The van der Waals surface area contributed by atoms with E-state index in [2.05, 4.69) is 62.5 Å². The molecule has 21 heavy (non-hydrogen) atoms. The Morgan fingerprint density at radius 1 is 1.10 bits per heavy atom. The second-order valence-electron chi connectivity index (χ2n) is 5.13. The van der Waals surface area contributed by atoms with Crippen LogP contribution in [-0.4, -0.2) is 16.5 Å². The molecule has 1 aromatic carbocycles. The zero-order valence-corrected chi connectivity index (χ0v) is 14.5. The van der Waals surface area contributed by atoms with Crippen molar-refractivity contribution in [1.82, 2.24) is 9.97 Å². The number of rotatable bonds is 5. The van der Waals surface area contributed by atoms with Crippen molar-refractivity contribution in [2.45, 2.75) is 34.1 Å². The first kappa shape index (κ1) is 15.8. The molecule has 0 atom stereocenters. The van der Waals surface area contributed by atoms with Crippen LogP contribution in [0.15, 0.2) is 22.7 Å². The number of nitrogens with zero attached hydrogens (tertiary/aromatic N) is 2. The van der Waals surface area contributed by atoms with E-state index in [4.69, 9.17) is 0 Å². The van der Waals surface area contributed by atoms with E-state index in [0.29, 0.717) is 0 Å². The van der Waals surface area contributed by atoms with Crippen LogP contribution in [0.4, 0.5) is 17.3 Å². The Hall–Kier alpha value is -1.62. The van der Waals surface area contributed by atoms with Gasteiger partial charge in [-0.25, -0.2) is 9.97 Å². The average molecular weight is 349 g/mol. The lowest BCUT2D eigenvalue weighted by Crippen LogP contribution is -2.09. The molecule has 5 heteroatoms. The first-order valence-electron chi connectivity index (χ1n) is 7.13. The molecule has 1 aromatic heterocycles. The van der Waals surface area contributed by atoms with Gasteiger partial charge in [0.05, 0.1) is 5.69 Å². The van der Waals surface area contributed by atoms with Gasteiger partial charge in [-0.1, -0.05) is 13.0 Å². The standard InChI is InChI=1S/C16H21BrN4/c1-5-8-18-15-11(3)16(20-12(4)19-15)21-14-9-10(2)6-7-13(14)17/h6-7,9H,5,8H2,1-4H3,(H2,18,19,20,21). The fraction of sp³-hybridized carbons (Fsp3) is 0.375. The van der Waals surface area contributed by atoms with Crippen LogP contribution in [0.5, 0.6) is 0 Å². The second-order valence-corrected chi connectivity index (χ2v) is 5.98. The molecule has 0 amide bonds. The molecule has 0 fully saturated rings. The van der Waals surface area contributed by atoms with E-state index >= 15 is 0 Å². The highest BCUT2D eigenvalue weighted by atomic mass is 79.9. The molecule has 0 aliphatic rings. The van der Waals surface area contributed by atoms with Crippen molar-refractivity contribution in [3.8, 4) is 0 Å². The van der Waals surface area contributed by atoms with Gasteiger partial charge in [-0.05, 0) is 60.8 Å². The summed E-state index contributed by atoms with van der Waals surface area (Å²) in [4.78, 5) is 9.00. The summed E-state index contributed by atoms with van der Waals surface area (Å²) in [6, 6.07) is 6.21. The van der Waals surface area contributed by atoms with Gasteiger partial charge in [0.1, 0.15) is 17.5 Å². The molecule has 112 valence electrons. The maximum atomic E-state index is 4.52. The number of hydrogen-bond donors (Lipinski definition) is 2. The van der Waals surface area contributed by atoms with Crippen LogP contribution in [0.2, 0.25) is 0 Å². The molecule has 0 spiro atoms. The number of aryl methyl sites for hydroxylation is 2. The van der Waals surface area contributed by atoms with Gasteiger partial charge in [-0.2, -0.15) is 0 Å². The highest BCUT2D eigenvalue weighted by Gasteiger charge is 2.10. The fourth-order valence-electron chi connectivity index (χ4n) is 2.03. The summed E-state index contributed by atoms with van der Waals surface area (Å²) in [5, 5.41) is 6.75. The van der Waals surface area contributed by atoms with Crippen LogP contribution < -0.4 is 10.6 Å². The fourth-order valence-corrected chi connectivity index (χ4v) is 2.37. The number of anilines is 3. The molecule has 1 heterocycles. The Kier molecular flexibility index (Phi) is 5.17. The largest absolute Gasteiger partial charge is 0.370 e. The summed E-state index contributed by atoms with van der Waals surface area (Å²) in [7, 11) is 0. The van der Waals surface area contributed by atoms with E-state index in [1.165, 1.54) is 5.56 Å². The zero-order valence-electron chi connectivity index (χ0n) is 12.9. The van der Waals surface area contributed by atoms with Gasteiger partial charge in [0.15, 0.2) is 0 Å². The minimum Gasteiger partial charge on any atom is -0.370 e. The molecule has 2 N–H and O–H groups in total. The summed E-state index contributed by atoms with van der Waals surface area (Å²) in [5.41, 5.74) is 3.24. The maximum Gasteiger partial charge on any atom is 0.139 e. The zero-order chi connectivity index (χ0) is 15.4. The van der Waals surface area contributed by atoms with Gasteiger partial charge in [0.2, 0.25) is 0 Å². The lowest BCUT2D eigenvalue weighted by molar-refractivity contribution is 0.948. The Balaban J connectivity index is 2.35. The normalized spacial score (nSPS) is 10.5.